The van der Waals surface area contributed by atoms with Crippen molar-refractivity contribution in [3.05, 3.63) is 156 Å². The monoisotopic (exact) mass is 525 g/mol. The molecule has 1 aromatic heterocycles. The third-order valence-corrected chi connectivity index (χ3v) is 8.26. The topological polar surface area (TPSA) is 37.3 Å². The number of hydrogen-bond acceptors (Lipinski definition) is 3. The maximum absolute atomic E-state index is 5.25. The van der Waals surface area contributed by atoms with E-state index in [1.54, 1.807) is 6.20 Å². The van der Waals surface area contributed by atoms with E-state index in [1.807, 2.05) is 12.3 Å². The number of rotatable bonds is 4. The molecule has 194 valence electrons. The Morgan fingerprint density at radius 3 is 2.05 bits per heavy atom. The molecule has 1 aliphatic carbocycles. The number of nitrogens with zero attached hydrogens (tertiary/aromatic N) is 2. The molecular weight excluding hydrogens is 498 g/mol. The summed E-state index contributed by atoms with van der Waals surface area (Å²) < 4.78 is 0. The summed E-state index contributed by atoms with van der Waals surface area (Å²) in [5.74, 6) is 0.893. The SMILES string of the molecule is Cc1ccc(C2C=C(c3ccc(-c4cccnc4)cc3)N=C(c3ccc4c5c(cccc35)-c3ccccc3-4)N2)cc1. The number of amidine groups is 1. The summed E-state index contributed by atoms with van der Waals surface area (Å²) >= 11 is 0. The van der Waals surface area contributed by atoms with Crippen molar-refractivity contribution < 1.29 is 0 Å². The fraction of sp³-hybridized carbons (Fsp3) is 0.0526. The molecule has 3 heteroatoms. The lowest BCUT2D eigenvalue weighted by Crippen LogP contribution is -2.31. The van der Waals surface area contributed by atoms with Gasteiger partial charge in [-0.2, -0.15) is 0 Å². The standard InChI is InChI=1S/C38H27N3/c1-24-11-13-26(14-12-24)35-22-36(27-17-15-25(16-18-27)28-6-5-21-39-23-28)41-38(40-35)34-20-19-33-30-8-3-2-7-29(30)31-9-4-10-32(34)37(31)33/h2-23,35H,1H3,(H,40,41). The van der Waals surface area contributed by atoms with Crippen LogP contribution in [0.2, 0.25) is 0 Å². The zero-order valence-electron chi connectivity index (χ0n) is 22.7. The summed E-state index contributed by atoms with van der Waals surface area (Å²) in [4.78, 5) is 9.53. The number of hydrogen-bond donors (Lipinski definition) is 1. The molecule has 41 heavy (non-hydrogen) atoms. The second-order valence-electron chi connectivity index (χ2n) is 10.8. The fourth-order valence-corrected chi connectivity index (χ4v) is 6.17. The van der Waals surface area contributed by atoms with Crippen LogP contribution >= 0.6 is 0 Å². The molecule has 0 fully saturated rings. The van der Waals surface area contributed by atoms with Crippen LogP contribution in [0.1, 0.15) is 28.3 Å². The fourth-order valence-electron chi connectivity index (χ4n) is 6.17. The lowest BCUT2D eigenvalue weighted by atomic mass is 9.95. The minimum absolute atomic E-state index is 0.00339. The van der Waals surface area contributed by atoms with Gasteiger partial charge in [0, 0.05) is 18.0 Å². The maximum Gasteiger partial charge on any atom is 0.135 e. The number of aryl methyl sites for hydroxylation is 1. The molecule has 1 atom stereocenters. The second-order valence-corrected chi connectivity index (χ2v) is 10.8. The van der Waals surface area contributed by atoms with E-state index in [4.69, 9.17) is 4.99 Å². The first-order chi connectivity index (χ1) is 20.2. The molecule has 0 bridgehead atoms. The van der Waals surface area contributed by atoms with Crippen LogP contribution in [0, 0.1) is 6.92 Å². The van der Waals surface area contributed by atoms with E-state index >= 15 is 0 Å². The predicted molar refractivity (Wildman–Crippen MR) is 170 cm³/mol. The minimum Gasteiger partial charge on any atom is -0.359 e. The van der Waals surface area contributed by atoms with Gasteiger partial charge in [0.05, 0.1) is 11.7 Å². The van der Waals surface area contributed by atoms with Crippen LogP contribution in [0.15, 0.2) is 139 Å². The van der Waals surface area contributed by atoms with E-state index in [0.717, 1.165) is 33.8 Å². The zero-order valence-corrected chi connectivity index (χ0v) is 22.7. The van der Waals surface area contributed by atoms with Crippen molar-refractivity contribution in [3.8, 4) is 33.4 Å². The van der Waals surface area contributed by atoms with Gasteiger partial charge < -0.3 is 5.32 Å². The third-order valence-electron chi connectivity index (χ3n) is 8.26. The molecule has 0 saturated carbocycles. The minimum atomic E-state index is -0.00339. The molecule has 0 spiro atoms. The summed E-state index contributed by atoms with van der Waals surface area (Å²) in [6.07, 6.45) is 5.94. The van der Waals surface area contributed by atoms with Crippen molar-refractivity contribution in [2.24, 2.45) is 4.99 Å². The largest absolute Gasteiger partial charge is 0.359 e. The molecule has 0 amide bonds. The highest BCUT2D eigenvalue weighted by Crippen LogP contribution is 2.48. The number of aromatic nitrogens is 1. The normalized spacial score (nSPS) is 15.2. The van der Waals surface area contributed by atoms with Gasteiger partial charge in [0.15, 0.2) is 0 Å². The Morgan fingerprint density at radius 2 is 1.29 bits per heavy atom. The van der Waals surface area contributed by atoms with Crippen LogP contribution in [-0.4, -0.2) is 10.8 Å². The number of pyridine rings is 1. The van der Waals surface area contributed by atoms with Gasteiger partial charge >= 0.3 is 0 Å². The Balaban J connectivity index is 1.26. The molecule has 5 aromatic carbocycles. The van der Waals surface area contributed by atoms with Crippen LogP contribution in [0.25, 0.3) is 49.9 Å². The lowest BCUT2D eigenvalue weighted by Gasteiger charge is -2.25. The van der Waals surface area contributed by atoms with Gasteiger partial charge in [-0.3, -0.25) is 4.98 Å². The predicted octanol–water partition coefficient (Wildman–Crippen LogP) is 8.99. The Labute approximate surface area is 239 Å². The third kappa shape index (κ3) is 3.97. The van der Waals surface area contributed by atoms with E-state index in [0.29, 0.717) is 0 Å². The highest BCUT2D eigenvalue weighted by atomic mass is 15.0. The Morgan fingerprint density at radius 1 is 0.585 bits per heavy atom. The lowest BCUT2D eigenvalue weighted by molar-refractivity contribution is 0.781. The first kappa shape index (κ1) is 23.6. The first-order valence-electron chi connectivity index (χ1n) is 14.0. The average Bonchev–Trinajstić information content (AvgIpc) is 3.37. The van der Waals surface area contributed by atoms with E-state index in [2.05, 4.69) is 132 Å². The molecule has 1 N–H and O–H groups in total. The highest BCUT2D eigenvalue weighted by molar-refractivity contribution is 6.21. The van der Waals surface area contributed by atoms with Gasteiger partial charge in [-0.05, 0) is 74.3 Å². The van der Waals surface area contributed by atoms with Crippen LogP contribution in [0.3, 0.4) is 0 Å². The van der Waals surface area contributed by atoms with Crippen LogP contribution in [-0.2, 0) is 0 Å². The van der Waals surface area contributed by atoms with Crippen molar-refractivity contribution in [2.45, 2.75) is 13.0 Å². The molecule has 0 saturated heterocycles. The number of fused-ring (bicyclic) bond motifs is 3. The van der Waals surface area contributed by atoms with Crippen molar-refractivity contribution in [1.29, 1.82) is 0 Å². The highest BCUT2D eigenvalue weighted by Gasteiger charge is 2.25. The Hall–Kier alpha value is -5.28. The summed E-state index contributed by atoms with van der Waals surface area (Å²) in [6.45, 7) is 2.13. The molecule has 2 aliphatic rings. The molecule has 1 aliphatic heterocycles. The van der Waals surface area contributed by atoms with Gasteiger partial charge in [0.1, 0.15) is 5.84 Å². The summed E-state index contributed by atoms with van der Waals surface area (Å²) in [6, 6.07) is 41.3. The molecule has 1 unspecified atom stereocenters. The second kappa shape index (κ2) is 9.42. The molecule has 0 radical (unpaired) electrons. The van der Waals surface area contributed by atoms with E-state index in [1.165, 1.54) is 44.2 Å². The Kier molecular flexibility index (Phi) is 5.42. The smallest absolute Gasteiger partial charge is 0.135 e. The van der Waals surface area contributed by atoms with Gasteiger partial charge in [-0.15, -0.1) is 0 Å². The van der Waals surface area contributed by atoms with Crippen LogP contribution in [0.5, 0.6) is 0 Å². The van der Waals surface area contributed by atoms with Gasteiger partial charge in [-0.1, -0.05) is 115 Å². The summed E-state index contributed by atoms with van der Waals surface area (Å²) in [5.41, 5.74) is 13.1. The van der Waals surface area contributed by atoms with Crippen molar-refractivity contribution in [1.82, 2.24) is 10.3 Å². The van der Waals surface area contributed by atoms with E-state index in [-0.39, 0.29) is 6.04 Å². The van der Waals surface area contributed by atoms with E-state index < -0.39 is 0 Å². The van der Waals surface area contributed by atoms with Crippen molar-refractivity contribution >= 4 is 22.3 Å². The number of nitrogens with one attached hydrogen (secondary N) is 1. The molecular formula is C38H27N3. The average molecular weight is 526 g/mol. The van der Waals surface area contributed by atoms with Gasteiger partial charge in [-0.25, -0.2) is 4.99 Å². The van der Waals surface area contributed by atoms with Gasteiger partial charge in [0.2, 0.25) is 0 Å². The van der Waals surface area contributed by atoms with Crippen LogP contribution in [0.4, 0.5) is 0 Å². The number of benzene rings is 5. The first-order valence-corrected chi connectivity index (χ1v) is 14.0. The molecule has 8 rings (SSSR count). The zero-order chi connectivity index (χ0) is 27.3. The quantitative estimate of drug-likeness (QED) is 0.249. The molecule has 2 heterocycles. The van der Waals surface area contributed by atoms with Crippen molar-refractivity contribution in [3.63, 3.8) is 0 Å². The summed E-state index contributed by atoms with van der Waals surface area (Å²) in [7, 11) is 0. The van der Waals surface area contributed by atoms with Crippen LogP contribution < -0.4 is 5.32 Å². The number of aliphatic imine (C=N–C) groups is 1. The Bertz CT molecular complexity index is 1970. The van der Waals surface area contributed by atoms with Crippen molar-refractivity contribution in [2.75, 3.05) is 0 Å². The summed E-state index contributed by atoms with van der Waals surface area (Å²) in [5, 5.41) is 6.31. The van der Waals surface area contributed by atoms with E-state index in [9.17, 15) is 0 Å². The molecule has 6 aromatic rings. The maximum atomic E-state index is 5.25. The molecule has 3 nitrogen and oxygen atoms in total. The van der Waals surface area contributed by atoms with Gasteiger partial charge in [0.25, 0.3) is 0 Å².